The van der Waals surface area contributed by atoms with Crippen LogP contribution in [0.15, 0.2) is 30.3 Å². The van der Waals surface area contributed by atoms with Gasteiger partial charge in [0.2, 0.25) is 0 Å². The highest BCUT2D eigenvalue weighted by molar-refractivity contribution is 5.20. The number of hydrogen-bond donors (Lipinski definition) is 0. The molecular formula is C16H26O2. The summed E-state index contributed by atoms with van der Waals surface area (Å²) in [7, 11) is 0. The van der Waals surface area contributed by atoms with Crippen molar-refractivity contribution in [2.24, 2.45) is 5.92 Å². The molecule has 18 heavy (non-hydrogen) atoms. The number of unbranched alkanes of at least 4 members (excludes halogenated alkanes) is 1. The fraction of sp³-hybridized carbons (Fsp3) is 0.625. The fourth-order valence-electron chi connectivity index (χ4n) is 1.88. The van der Waals surface area contributed by atoms with Crippen molar-refractivity contribution < 1.29 is 9.47 Å². The van der Waals surface area contributed by atoms with Crippen molar-refractivity contribution in [1.29, 1.82) is 0 Å². The minimum Gasteiger partial charge on any atom is -0.491 e. The first-order valence-electron chi connectivity index (χ1n) is 7.12. The van der Waals surface area contributed by atoms with Gasteiger partial charge in [-0.1, -0.05) is 51.3 Å². The van der Waals surface area contributed by atoms with Gasteiger partial charge in [0.05, 0.1) is 6.61 Å². The molecule has 0 fully saturated rings. The third-order valence-electron chi connectivity index (χ3n) is 3.14. The molecule has 1 aromatic carbocycles. The van der Waals surface area contributed by atoms with E-state index in [0.717, 1.165) is 12.4 Å². The first kappa shape index (κ1) is 15.0. The summed E-state index contributed by atoms with van der Waals surface area (Å²) in [4.78, 5) is 0. The molecule has 0 aliphatic carbocycles. The summed E-state index contributed by atoms with van der Waals surface area (Å²) in [5.41, 5.74) is 0. The topological polar surface area (TPSA) is 18.5 Å². The Bertz CT molecular complexity index is 284. The van der Waals surface area contributed by atoms with E-state index in [1.54, 1.807) is 0 Å². The van der Waals surface area contributed by atoms with Crippen LogP contribution in [-0.4, -0.2) is 19.8 Å². The highest BCUT2D eigenvalue weighted by Crippen LogP contribution is 2.13. The van der Waals surface area contributed by atoms with Gasteiger partial charge >= 0.3 is 0 Å². The largest absolute Gasteiger partial charge is 0.491 e. The maximum atomic E-state index is 5.68. The Balaban J connectivity index is 2.03. The number of ether oxygens (including phenoxy) is 2. The second-order valence-electron chi connectivity index (χ2n) is 4.65. The summed E-state index contributed by atoms with van der Waals surface area (Å²) >= 11 is 0. The van der Waals surface area contributed by atoms with Crippen molar-refractivity contribution in [2.75, 3.05) is 19.8 Å². The predicted molar refractivity (Wildman–Crippen MR) is 76.1 cm³/mol. The summed E-state index contributed by atoms with van der Waals surface area (Å²) in [6, 6.07) is 9.89. The van der Waals surface area contributed by atoms with Crippen molar-refractivity contribution in [2.45, 2.75) is 39.5 Å². The molecule has 0 saturated heterocycles. The van der Waals surface area contributed by atoms with Crippen molar-refractivity contribution >= 4 is 0 Å². The van der Waals surface area contributed by atoms with Gasteiger partial charge in [-0.3, -0.25) is 0 Å². The van der Waals surface area contributed by atoms with Gasteiger partial charge in [-0.25, -0.2) is 0 Å². The fourth-order valence-corrected chi connectivity index (χ4v) is 1.88. The standard InChI is InChI=1S/C16H26O2/c1-3-5-9-15(4-2)14-17-12-13-18-16-10-7-6-8-11-16/h6-8,10-11,15H,3-5,9,12-14H2,1-2H3. The van der Waals surface area contributed by atoms with Gasteiger partial charge in [0.25, 0.3) is 0 Å². The van der Waals surface area contributed by atoms with Gasteiger partial charge in [-0.05, 0) is 24.5 Å². The van der Waals surface area contributed by atoms with E-state index >= 15 is 0 Å². The van der Waals surface area contributed by atoms with E-state index in [2.05, 4.69) is 13.8 Å². The molecule has 1 atom stereocenters. The van der Waals surface area contributed by atoms with Crippen LogP contribution in [0.25, 0.3) is 0 Å². The Hall–Kier alpha value is -1.02. The zero-order valence-corrected chi connectivity index (χ0v) is 11.7. The van der Waals surface area contributed by atoms with Crippen molar-refractivity contribution in [3.05, 3.63) is 30.3 Å². The zero-order chi connectivity index (χ0) is 13.1. The van der Waals surface area contributed by atoms with Crippen molar-refractivity contribution in [3.63, 3.8) is 0 Å². The van der Waals surface area contributed by atoms with Gasteiger partial charge in [-0.15, -0.1) is 0 Å². The average molecular weight is 250 g/mol. The van der Waals surface area contributed by atoms with Crippen LogP contribution in [0.3, 0.4) is 0 Å². The molecule has 0 spiro atoms. The quantitative estimate of drug-likeness (QED) is 0.576. The summed E-state index contributed by atoms with van der Waals surface area (Å²) in [6.45, 7) is 6.66. The van der Waals surface area contributed by atoms with Crippen LogP contribution in [0.1, 0.15) is 39.5 Å². The van der Waals surface area contributed by atoms with E-state index < -0.39 is 0 Å². The van der Waals surface area contributed by atoms with Crippen LogP contribution in [0.4, 0.5) is 0 Å². The third kappa shape index (κ3) is 6.65. The molecule has 1 aromatic rings. The molecule has 102 valence electrons. The average Bonchev–Trinajstić information content (AvgIpc) is 2.43. The molecular weight excluding hydrogens is 224 g/mol. The molecule has 0 aromatic heterocycles. The normalized spacial score (nSPS) is 12.3. The van der Waals surface area contributed by atoms with E-state index in [9.17, 15) is 0 Å². The highest BCUT2D eigenvalue weighted by Gasteiger charge is 2.05. The second-order valence-corrected chi connectivity index (χ2v) is 4.65. The third-order valence-corrected chi connectivity index (χ3v) is 3.14. The van der Waals surface area contributed by atoms with Crippen LogP contribution in [0.2, 0.25) is 0 Å². The Morgan fingerprint density at radius 1 is 1.06 bits per heavy atom. The summed E-state index contributed by atoms with van der Waals surface area (Å²) in [6.07, 6.45) is 5.07. The molecule has 0 radical (unpaired) electrons. The molecule has 0 N–H and O–H groups in total. The Labute approximate surface area is 111 Å². The molecule has 2 heteroatoms. The predicted octanol–water partition coefficient (Wildman–Crippen LogP) is 4.30. The molecule has 0 saturated carbocycles. The lowest BCUT2D eigenvalue weighted by molar-refractivity contribution is 0.0699. The van der Waals surface area contributed by atoms with E-state index in [4.69, 9.17) is 9.47 Å². The van der Waals surface area contributed by atoms with Gasteiger partial charge in [0.1, 0.15) is 12.4 Å². The number of para-hydroxylation sites is 1. The second kappa shape index (κ2) is 9.95. The summed E-state index contributed by atoms with van der Waals surface area (Å²) < 4.78 is 11.3. The summed E-state index contributed by atoms with van der Waals surface area (Å²) in [5.74, 6) is 1.63. The van der Waals surface area contributed by atoms with E-state index in [0.29, 0.717) is 19.1 Å². The number of rotatable bonds is 10. The zero-order valence-electron chi connectivity index (χ0n) is 11.7. The van der Waals surface area contributed by atoms with E-state index in [1.165, 1.54) is 25.7 Å². The lowest BCUT2D eigenvalue weighted by Crippen LogP contribution is -2.13. The monoisotopic (exact) mass is 250 g/mol. The Kier molecular flexibility index (Phi) is 8.32. The molecule has 0 heterocycles. The molecule has 0 aliphatic heterocycles. The molecule has 0 bridgehead atoms. The number of hydrogen-bond acceptors (Lipinski definition) is 2. The minimum absolute atomic E-state index is 0.633. The highest BCUT2D eigenvalue weighted by atomic mass is 16.5. The van der Waals surface area contributed by atoms with Crippen LogP contribution in [-0.2, 0) is 4.74 Å². The first-order chi connectivity index (χ1) is 8.86. The van der Waals surface area contributed by atoms with Gasteiger partial charge in [0.15, 0.2) is 0 Å². The molecule has 2 nitrogen and oxygen atoms in total. The number of benzene rings is 1. The molecule has 1 unspecified atom stereocenters. The maximum absolute atomic E-state index is 5.68. The minimum atomic E-state index is 0.633. The van der Waals surface area contributed by atoms with E-state index in [-0.39, 0.29) is 0 Å². The van der Waals surface area contributed by atoms with Gasteiger partial charge < -0.3 is 9.47 Å². The summed E-state index contributed by atoms with van der Waals surface area (Å²) in [5, 5.41) is 0. The van der Waals surface area contributed by atoms with Gasteiger partial charge in [-0.2, -0.15) is 0 Å². The maximum Gasteiger partial charge on any atom is 0.119 e. The lowest BCUT2D eigenvalue weighted by Gasteiger charge is -2.14. The van der Waals surface area contributed by atoms with Crippen LogP contribution in [0, 0.1) is 5.92 Å². The smallest absolute Gasteiger partial charge is 0.119 e. The van der Waals surface area contributed by atoms with Gasteiger partial charge in [0, 0.05) is 6.61 Å². The van der Waals surface area contributed by atoms with Crippen LogP contribution >= 0.6 is 0 Å². The van der Waals surface area contributed by atoms with Crippen molar-refractivity contribution in [1.82, 2.24) is 0 Å². The lowest BCUT2D eigenvalue weighted by atomic mass is 10.0. The Morgan fingerprint density at radius 3 is 2.50 bits per heavy atom. The Morgan fingerprint density at radius 2 is 1.83 bits per heavy atom. The first-order valence-corrected chi connectivity index (χ1v) is 7.12. The van der Waals surface area contributed by atoms with Crippen LogP contribution < -0.4 is 4.74 Å². The van der Waals surface area contributed by atoms with Crippen molar-refractivity contribution in [3.8, 4) is 5.75 Å². The SMILES string of the molecule is CCCCC(CC)COCCOc1ccccc1. The molecule has 0 amide bonds. The molecule has 1 rings (SSSR count). The van der Waals surface area contributed by atoms with Crippen LogP contribution in [0.5, 0.6) is 5.75 Å². The molecule has 0 aliphatic rings. The van der Waals surface area contributed by atoms with E-state index in [1.807, 2.05) is 30.3 Å².